The molecule has 2 heteroatoms. The monoisotopic (exact) mass is 218 g/mol. The lowest BCUT2D eigenvalue weighted by Gasteiger charge is -2.08. The van der Waals surface area contributed by atoms with Crippen LogP contribution in [-0.2, 0) is 10.8 Å². The zero-order chi connectivity index (χ0) is 10.8. The summed E-state index contributed by atoms with van der Waals surface area (Å²) in [6, 6.07) is 12.2. The van der Waals surface area contributed by atoms with Crippen LogP contribution in [0.1, 0.15) is 12.5 Å². The first-order valence-electron chi connectivity index (χ1n) is 5.10. The third kappa shape index (κ3) is 1.82. The Bertz CT molecular complexity index is 517. The van der Waals surface area contributed by atoms with E-state index < -0.39 is 10.8 Å². The highest BCUT2D eigenvalue weighted by atomic mass is 32.2. The minimum Gasteiger partial charge on any atom is -0.254 e. The van der Waals surface area contributed by atoms with Crippen molar-refractivity contribution in [1.29, 1.82) is 0 Å². The summed E-state index contributed by atoms with van der Waals surface area (Å²) in [7, 11) is -0.877. The Kier molecular flexibility index (Phi) is 2.87. The SMILES string of the molecule is CCS(=O)c1c(C)ccc2ccccc12. The molecule has 0 saturated heterocycles. The fourth-order valence-corrected chi connectivity index (χ4v) is 2.95. The molecule has 2 rings (SSSR count). The highest BCUT2D eigenvalue weighted by Crippen LogP contribution is 2.25. The zero-order valence-corrected chi connectivity index (χ0v) is 9.80. The van der Waals surface area contributed by atoms with Gasteiger partial charge in [0.25, 0.3) is 0 Å². The quantitative estimate of drug-likeness (QED) is 0.756. The first kappa shape index (κ1) is 10.4. The van der Waals surface area contributed by atoms with Gasteiger partial charge in [-0.15, -0.1) is 0 Å². The minimum atomic E-state index is -0.877. The number of hydrogen-bond acceptors (Lipinski definition) is 1. The minimum absolute atomic E-state index is 0.675. The summed E-state index contributed by atoms with van der Waals surface area (Å²) in [4.78, 5) is 0.996. The van der Waals surface area contributed by atoms with Crippen molar-refractivity contribution in [1.82, 2.24) is 0 Å². The molecule has 0 N–H and O–H groups in total. The summed E-state index contributed by atoms with van der Waals surface area (Å²) in [5.74, 6) is 0.675. The highest BCUT2D eigenvalue weighted by Gasteiger charge is 2.09. The third-order valence-electron chi connectivity index (χ3n) is 2.57. The van der Waals surface area contributed by atoms with Crippen molar-refractivity contribution >= 4 is 21.6 Å². The third-order valence-corrected chi connectivity index (χ3v) is 4.09. The Labute approximate surface area is 92.6 Å². The summed E-state index contributed by atoms with van der Waals surface area (Å²) < 4.78 is 12.0. The van der Waals surface area contributed by atoms with E-state index in [1.165, 1.54) is 5.39 Å². The molecule has 0 heterocycles. The van der Waals surface area contributed by atoms with Gasteiger partial charge in [-0.25, -0.2) is 0 Å². The molecule has 0 aliphatic carbocycles. The molecule has 2 aromatic carbocycles. The van der Waals surface area contributed by atoms with Crippen LogP contribution in [0.3, 0.4) is 0 Å². The predicted molar refractivity (Wildman–Crippen MR) is 65.6 cm³/mol. The number of rotatable bonds is 2. The molecule has 1 nitrogen and oxygen atoms in total. The van der Waals surface area contributed by atoms with Crippen LogP contribution in [0.2, 0.25) is 0 Å². The Morgan fingerprint density at radius 3 is 2.60 bits per heavy atom. The van der Waals surface area contributed by atoms with Gasteiger partial charge in [0.1, 0.15) is 0 Å². The standard InChI is InChI=1S/C13H14OS/c1-3-15(14)13-10(2)8-9-11-6-4-5-7-12(11)13/h4-9H,3H2,1-2H3. The van der Waals surface area contributed by atoms with E-state index in [2.05, 4.69) is 12.1 Å². The van der Waals surface area contributed by atoms with Crippen molar-refractivity contribution in [2.75, 3.05) is 5.75 Å². The number of hydrogen-bond donors (Lipinski definition) is 0. The molecule has 0 amide bonds. The average molecular weight is 218 g/mol. The van der Waals surface area contributed by atoms with Gasteiger partial charge in [0.15, 0.2) is 0 Å². The van der Waals surface area contributed by atoms with Crippen LogP contribution < -0.4 is 0 Å². The van der Waals surface area contributed by atoms with E-state index in [9.17, 15) is 4.21 Å². The smallest absolute Gasteiger partial charge is 0.0535 e. The van der Waals surface area contributed by atoms with Gasteiger partial charge < -0.3 is 0 Å². The van der Waals surface area contributed by atoms with E-state index >= 15 is 0 Å². The van der Waals surface area contributed by atoms with E-state index in [-0.39, 0.29) is 0 Å². The number of benzene rings is 2. The van der Waals surface area contributed by atoms with Crippen molar-refractivity contribution in [2.45, 2.75) is 18.7 Å². The van der Waals surface area contributed by atoms with E-state index in [4.69, 9.17) is 0 Å². The average Bonchev–Trinajstić information content (AvgIpc) is 2.28. The fourth-order valence-electron chi connectivity index (χ4n) is 1.80. The van der Waals surface area contributed by atoms with Crippen LogP contribution in [0.25, 0.3) is 10.8 Å². The first-order valence-corrected chi connectivity index (χ1v) is 6.42. The van der Waals surface area contributed by atoms with E-state index in [0.717, 1.165) is 15.8 Å². The molecule has 15 heavy (non-hydrogen) atoms. The Balaban J connectivity index is 2.79. The van der Waals surface area contributed by atoms with E-state index in [0.29, 0.717) is 5.75 Å². The second-order valence-corrected chi connectivity index (χ2v) is 5.24. The summed E-state index contributed by atoms with van der Waals surface area (Å²) in [5.41, 5.74) is 1.12. The molecular formula is C13H14OS. The van der Waals surface area contributed by atoms with Crippen LogP contribution in [0.5, 0.6) is 0 Å². The maximum Gasteiger partial charge on any atom is 0.0535 e. The molecule has 1 unspecified atom stereocenters. The second kappa shape index (κ2) is 4.15. The summed E-state index contributed by atoms with van der Waals surface area (Å²) in [6.45, 7) is 3.98. The predicted octanol–water partition coefficient (Wildman–Crippen LogP) is 3.28. The topological polar surface area (TPSA) is 17.1 Å². The van der Waals surface area contributed by atoms with E-state index in [1.54, 1.807) is 0 Å². The zero-order valence-electron chi connectivity index (χ0n) is 8.99. The Morgan fingerprint density at radius 2 is 1.87 bits per heavy atom. The lowest BCUT2D eigenvalue weighted by Crippen LogP contribution is -1.98. The lowest BCUT2D eigenvalue weighted by molar-refractivity contribution is 0.684. The van der Waals surface area contributed by atoms with Crippen LogP contribution >= 0.6 is 0 Å². The van der Waals surface area contributed by atoms with Gasteiger partial charge in [-0.3, -0.25) is 4.21 Å². The van der Waals surface area contributed by atoms with Crippen molar-refractivity contribution < 1.29 is 4.21 Å². The highest BCUT2D eigenvalue weighted by molar-refractivity contribution is 7.85. The number of aryl methyl sites for hydroxylation is 1. The molecule has 1 atom stereocenters. The van der Waals surface area contributed by atoms with Crippen molar-refractivity contribution in [3.05, 3.63) is 42.0 Å². The molecular weight excluding hydrogens is 204 g/mol. The van der Waals surface area contributed by atoms with Gasteiger partial charge in [-0.1, -0.05) is 43.3 Å². The van der Waals surface area contributed by atoms with Gasteiger partial charge in [-0.2, -0.15) is 0 Å². The molecule has 0 aromatic heterocycles. The van der Waals surface area contributed by atoms with Crippen molar-refractivity contribution in [3.8, 4) is 0 Å². The molecule has 0 saturated carbocycles. The van der Waals surface area contributed by atoms with Crippen LogP contribution in [0.4, 0.5) is 0 Å². The van der Waals surface area contributed by atoms with Crippen molar-refractivity contribution in [2.24, 2.45) is 0 Å². The fraction of sp³-hybridized carbons (Fsp3) is 0.231. The van der Waals surface area contributed by atoms with Gasteiger partial charge in [0.2, 0.25) is 0 Å². The van der Waals surface area contributed by atoms with Crippen LogP contribution in [-0.4, -0.2) is 9.96 Å². The molecule has 0 aliphatic rings. The summed E-state index contributed by atoms with van der Waals surface area (Å²) in [6.07, 6.45) is 0. The normalized spacial score (nSPS) is 12.9. The molecule has 0 spiro atoms. The molecule has 0 bridgehead atoms. The molecule has 2 aromatic rings. The summed E-state index contributed by atoms with van der Waals surface area (Å²) >= 11 is 0. The Morgan fingerprint density at radius 1 is 1.13 bits per heavy atom. The van der Waals surface area contributed by atoms with Gasteiger partial charge in [0, 0.05) is 10.6 Å². The molecule has 0 radical (unpaired) electrons. The molecule has 0 aliphatic heterocycles. The second-order valence-electron chi connectivity index (χ2n) is 3.57. The largest absolute Gasteiger partial charge is 0.254 e. The van der Waals surface area contributed by atoms with Crippen molar-refractivity contribution in [3.63, 3.8) is 0 Å². The number of fused-ring (bicyclic) bond motifs is 1. The van der Waals surface area contributed by atoms with Gasteiger partial charge >= 0.3 is 0 Å². The maximum absolute atomic E-state index is 12.0. The first-order chi connectivity index (χ1) is 7.24. The molecule has 0 fully saturated rings. The van der Waals surface area contributed by atoms with Crippen LogP contribution in [0, 0.1) is 6.92 Å². The van der Waals surface area contributed by atoms with E-state index in [1.807, 2.05) is 38.1 Å². The van der Waals surface area contributed by atoms with Gasteiger partial charge in [0.05, 0.1) is 10.8 Å². The maximum atomic E-state index is 12.0. The van der Waals surface area contributed by atoms with Crippen LogP contribution in [0.15, 0.2) is 41.3 Å². The summed E-state index contributed by atoms with van der Waals surface area (Å²) in [5, 5.41) is 2.29. The lowest BCUT2D eigenvalue weighted by atomic mass is 10.1. The Hall–Kier alpha value is -1.15. The molecule has 78 valence electrons. The van der Waals surface area contributed by atoms with Gasteiger partial charge in [-0.05, 0) is 23.3 Å².